The Hall–Kier alpha value is 0.140. The molecule has 1 aliphatic rings. The molecular weight excluding hydrogens is 330 g/mol. The predicted molar refractivity (Wildman–Crippen MR) is 76.4 cm³/mol. The summed E-state index contributed by atoms with van der Waals surface area (Å²) in [6.45, 7) is 3.49. The van der Waals surface area contributed by atoms with Gasteiger partial charge in [0.25, 0.3) is 0 Å². The lowest BCUT2D eigenvalue weighted by atomic mass is 9.93. The van der Waals surface area contributed by atoms with Crippen molar-refractivity contribution in [1.29, 1.82) is 0 Å². The quantitative estimate of drug-likeness (QED) is 0.752. The normalized spacial score (nSPS) is 20.1. The maximum Gasteiger partial charge on any atom is 0.0233 e. The third-order valence-corrected chi connectivity index (χ3v) is 5.71. The first-order valence-corrected chi connectivity index (χ1v) is 7.90. The fourth-order valence-electron chi connectivity index (χ4n) is 2.26. The highest BCUT2D eigenvalue weighted by Gasteiger charge is 2.35. The summed E-state index contributed by atoms with van der Waals surface area (Å²) in [7, 11) is 0. The van der Waals surface area contributed by atoms with Crippen molar-refractivity contribution in [2.75, 3.05) is 23.7 Å². The third kappa shape index (κ3) is 2.88. The topological polar surface area (TPSA) is 3.24 Å². The van der Waals surface area contributed by atoms with Crippen molar-refractivity contribution in [3.05, 3.63) is 35.9 Å². The molecule has 1 aromatic rings. The Kier molecular flexibility index (Phi) is 4.45. The van der Waals surface area contributed by atoms with Crippen LogP contribution in [0, 0.1) is 5.41 Å². The van der Waals surface area contributed by atoms with Gasteiger partial charge < -0.3 is 0 Å². The second kappa shape index (κ2) is 5.65. The number of halogens is 2. The fraction of sp³-hybridized carbons (Fsp3) is 0.538. The van der Waals surface area contributed by atoms with Crippen LogP contribution in [0.25, 0.3) is 0 Å². The molecule has 0 bridgehead atoms. The summed E-state index contributed by atoms with van der Waals surface area (Å²) in [5, 5.41) is 2.19. The summed E-state index contributed by atoms with van der Waals surface area (Å²) in [5.74, 6) is 0. The van der Waals surface area contributed by atoms with Crippen LogP contribution in [-0.4, -0.2) is 28.6 Å². The molecule has 2 rings (SSSR count). The molecule has 0 amide bonds. The van der Waals surface area contributed by atoms with Crippen LogP contribution in [0.2, 0.25) is 0 Å². The maximum atomic E-state index is 3.65. The molecular formula is C13H17Br2N. The Morgan fingerprint density at radius 1 is 1.12 bits per heavy atom. The molecule has 1 fully saturated rings. The molecule has 0 aliphatic carbocycles. The Morgan fingerprint density at radius 2 is 1.81 bits per heavy atom. The first-order chi connectivity index (χ1) is 7.78. The smallest absolute Gasteiger partial charge is 0.0233 e. The number of alkyl halides is 2. The monoisotopic (exact) mass is 345 g/mol. The molecule has 0 unspecified atom stereocenters. The Labute approximate surface area is 114 Å². The summed E-state index contributed by atoms with van der Waals surface area (Å²) in [6, 6.07) is 10.7. The first-order valence-electron chi connectivity index (χ1n) is 5.66. The average molecular weight is 347 g/mol. The van der Waals surface area contributed by atoms with Gasteiger partial charge in [-0.1, -0.05) is 62.2 Å². The van der Waals surface area contributed by atoms with Gasteiger partial charge in [0, 0.05) is 29.2 Å². The van der Waals surface area contributed by atoms with Gasteiger partial charge >= 0.3 is 0 Å². The van der Waals surface area contributed by atoms with E-state index in [-0.39, 0.29) is 0 Å². The number of hydrogen-bond acceptors (Lipinski definition) is 1. The molecule has 1 nitrogen and oxygen atoms in total. The second-order valence-electron chi connectivity index (χ2n) is 4.71. The molecule has 0 radical (unpaired) electrons. The van der Waals surface area contributed by atoms with Crippen LogP contribution < -0.4 is 0 Å². The van der Waals surface area contributed by atoms with Gasteiger partial charge in [-0.15, -0.1) is 0 Å². The van der Waals surface area contributed by atoms with E-state index in [9.17, 15) is 0 Å². The van der Waals surface area contributed by atoms with Gasteiger partial charge in [0.05, 0.1) is 0 Å². The molecule has 3 heteroatoms. The summed E-state index contributed by atoms with van der Waals surface area (Å²) >= 11 is 7.30. The van der Waals surface area contributed by atoms with E-state index in [0.29, 0.717) is 5.41 Å². The zero-order valence-corrected chi connectivity index (χ0v) is 12.5. The predicted octanol–water partition coefficient (Wildman–Crippen LogP) is 3.67. The molecule has 1 saturated heterocycles. The van der Waals surface area contributed by atoms with Crippen LogP contribution in [0.4, 0.5) is 0 Å². The second-order valence-corrected chi connectivity index (χ2v) is 5.83. The molecule has 88 valence electrons. The van der Waals surface area contributed by atoms with Gasteiger partial charge in [0.1, 0.15) is 0 Å². The SMILES string of the molecule is BrCC1(CBr)CCN(Cc2ccccc2)C1. The van der Waals surface area contributed by atoms with Gasteiger partial charge in [0.15, 0.2) is 0 Å². The van der Waals surface area contributed by atoms with Crippen molar-refractivity contribution < 1.29 is 0 Å². The Morgan fingerprint density at radius 3 is 2.38 bits per heavy atom. The van der Waals surface area contributed by atoms with Gasteiger partial charge in [-0.25, -0.2) is 0 Å². The first kappa shape index (κ1) is 12.6. The molecule has 1 aromatic carbocycles. The van der Waals surface area contributed by atoms with Crippen molar-refractivity contribution in [3.8, 4) is 0 Å². The van der Waals surface area contributed by atoms with E-state index in [1.807, 2.05) is 0 Å². The van der Waals surface area contributed by atoms with E-state index in [2.05, 4.69) is 67.1 Å². The van der Waals surface area contributed by atoms with E-state index in [1.165, 1.54) is 25.1 Å². The number of nitrogens with zero attached hydrogens (tertiary/aromatic N) is 1. The third-order valence-electron chi connectivity index (χ3n) is 3.33. The Bertz CT molecular complexity index is 322. The van der Waals surface area contributed by atoms with Gasteiger partial charge in [0.2, 0.25) is 0 Å². The lowest BCUT2D eigenvalue weighted by molar-refractivity contribution is 0.292. The minimum absolute atomic E-state index is 0.439. The van der Waals surface area contributed by atoms with Crippen LogP contribution in [-0.2, 0) is 6.54 Å². The standard InChI is InChI=1S/C13H17Br2N/c14-9-13(10-15)6-7-16(11-13)8-12-4-2-1-3-5-12/h1-5H,6-11H2. The van der Waals surface area contributed by atoms with Gasteiger partial charge in [-0.2, -0.15) is 0 Å². The zero-order valence-electron chi connectivity index (χ0n) is 9.33. The summed E-state index contributed by atoms with van der Waals surface area (Å²) in [6.07, 6.45) is 1.29. The van der Waals surface area contributed by atoms with E-state index in [4.69, 9.17) is 0 Å². The van der Waals surface area contributed by atoms with E-state index in [0.717, 1.165) is 17.2 Å². The van der Waals surface area contributed by atoms with E-state index < -0.39 is 0 Å². The van der Waals surface area contributed by atoms with Crippen LogP contribution in [0.15, 0.2) is 30.3 Å². The minimum atomic E-state index is 0.439. The van der Waals surface area contributed by atoms with Gasteiger partial charge in [-0.05, 0) is 18.5 Å². The van der Waals surface area contributed by atoms with E-state index >= 15 is 0 Å². The molecule has 0 saturated carbocycles. The highest BCUT2D eigenvalue weighted by molar-refractivity contribution is 9.09. The molecule has 16 heavy (non-hydrogen) atoms. The summed E-state index contributed by atoms with van der Waals surface area (Å²) < 4.78 is 0. The lowest BCUT2D eigenvalue weighted by Crippen LogP contribution is -2.29. The number of likely N-dealkylation sites (tertiary alicyclic amines) is 1. The lowest BCUT2D eigenvalue weighted by Gasteiger charge is -2.24. The molecule has 0 aromatic heterocycles. The Balaban J connectivity index is 1.95. The molecule has 1 heterocycles. The van der Waals surface area contributed by atoms with Crippen molar-refractivity contribution in [1.82, 2.24) is 4.90 Å². The molecule has 0 atom stereocenters. The molecule has 0 spiro atoms. The van der Waals surface area contributed by atoms with Gasteiger partial charge in [-0.3, -0.25) is 4.90 Å². The largest absolute Gasteiger partial charge is 0.298 e. The molecule has 1 aliphatic heterocycles. The van der Waals surface area contributed by atoms with E-state index in [1.54, 1.807) is 0 Å². The molecule has 0 N–H and O–H groups in total. The highest BCUT2D eigenvalue weighted by atomic mass is 79.9. The van der Waals surface area contributed by atoms with Crippen LogP contribution in [0.3, 0.4) is 0 Å². The summed E-state index contributed by atoms with van der Waals surface area (Å²) in [4.78, 5) is 2.55. The van der Waals surface area contributed by atoms with Crippen molar-refractivity contribution in [2.45, 2.75) is 13.0 Å². The number of hydrogen-bond donors (Lipinski definition) is 0. The van der Waals surface area contributed by atoms with Crippen molar-refractivity contribution in [3.63, 3.8) is 0 Å². The van der Waals surface area contributed by atoms with Crippen molar-refractivity contribution >= 4 is 31.9 Å². The average Bonchev–Trinajstić information content (AvgIpc) is 2.75. The highest BCUT2D eigenvalue weighted by Crippen LogP contribution is 2.34. The van der Waals surface area contributed by atoms with Crippen LogP contribution >= 0.6 is 31.9 Å². The maximum absolute atomic E-state index is 3.65. The number of benzene rings is 1. The minimum Gasteiger partial charge on any atom is -0.298 e. The summed E-state index contributed by atoms with van der Waals surface area (Å²) in [5.41, 5.74) is 1.86. The van der Waals surface area contributed by atoms with Crippen LogP contribution in [0.1, 0.15) is 12.0 Å². The zero-order chi connectivity index (χ0) is 11.4. The fourth-order valence-corrected chi connectivity index (χ4v) is 4.10. The van der Waals surface area contributed by atoms with Crippen LogP contribution in [0.5, 0.6) is 0 Å². The van der Waals surface area contributed by atoms with Crippen molar-refractivity contribution in [2.24, 2.45) is 5.41 Å². The number of rotatable bonds is 4.